The molecule has 3 nitrogen and oxygen atoms in total. The normalized spacial score (nSPS) is 28.1. The second-order valence-corrected chi connectivity index (χ2v) is 4.25. The van der Waals surface area contributed by atoms with Crippen LogP contribution in [-0.2, 0) is 4.79 Å². The maximum atomic E-state index is 10.5. The van der Waals surface area contributed by atoms with Crippen molar-refractivity contribution in [3.05, 3.63) is 0 Å². The fraction of sp³-hybridized carbons (Fsp3) is 0.889. The summed E-state index contributed by atoms with van der Waals surface area (Å²) in [7, 11) is 0. The minimum atomic E-state index is -1.11. The van der Waals surface area contributed by atoms with Crippen molar-refractivity contribution in [1.29, 1.82) is 0 Å². The summed E-state index contributed by atoms with van der Waals surface area (Å²) in [5.74, 6) is -0.338. The van der Waals surface area contributed by atoms with E-state index < -0.39 is 12.1 Å². The van der Waals surface area contributed by atoms with E-state index in [1.165, 1.54) is 12.8 Å². The van der Waals surface area contributed by atoms with E-state index >= 15 is 0 Å². The number of aliphatic carboxylic acids is 1. The van der Waals surface area contributed by atoms with Crippen LogP contribution in [0.2, 0.25) is 0 Å². The van der Waals surface area contributed by atoms with E-state index in [9.17, 15) is 9.90 Å². The fourth-order valence-electron chi connectivity index (χ4n) is 1.91. The first-order valence-corrected chi connectivity index (χ1v) is 4.55. The Kier molecular flexibility index (Phi) is 1.65. The SMILES string of the molecule is O=C(O)C(O)C1(CC2CC2)CC1. The summed E-state index contributed by atoms with van der Waals surface area (Å²) in [5.41, 5.74) is -0.229. The molecule has 0 aromatic carbocycles. The van der Waals surface area contributed by atoms with Gasteiger partial charge in [-0.2, -0.15) is 0 Å². The topological polar surface area (TPSA) is 57.5 Å². The molecule has 0 saturated heterocycles. The van der Waals surface area contributed by atoms with Gasteiger partial charge >= 0.3 is 5.97 Å². The van der Waals surface area contributed by atoms with Crippen LogP contribution < -0.4 is 0 Å². The molecule has 0 aliphatic heterocycles. The predicted molar refractivity (Wildman–Crippen MR) is 42.7 cm³/mol. The second-order valence-electron chi connectivity index (χ2n) is 4.25. The van der Waals surface area contributed by atoms with Crippen molar-refractivity contribution in [2.24, 2.45) is 11.3 Å². The minimum Gasteiger partial charge on any atom is -0.479 e. The number of carboxylic acid groups (broad SMARTS) is 1. The minimum absolute atomic E-state index is 0.229. The van der Waals surface area contributed by atoms with Gasteiger partial charge in [0.05, 0.1) is 0 Å². The van der Waals surface area contributed by atoms with Gasteiger partial charge < -0.3 is 10.2 Å². The summed E-state index contributed by atoms with van der Waals surface area (Å²) in [6.45, 7) is 0. The average Bonchev–Trinajstić information content (AvgIpc) is 2.86. The van der Waals surface area contributed by atoms with E-state index in [-0.39, 0.29) is 5.41 Å². The molecule has 2 rings (SSSR count). The van der Waals surface area contributed by atoms with E-state index in [2.05, 4.69) is 0 Å². The van der Waals surface area contributed by atoms with Crippen LogP contribution in [0.15, 0.2) is 0 Å². The van der Waals surface area contributed by atoms with Gasteiger partial charge in [-0.05, 0) is 25.2 Å². The first-order valence-electron chi connectivity index (χ1n) is 4.55. The molecule has 0 bridgehead atoms. The Labute approximate surface area is 71.4 Å². The molecular formula is C9H14O3. The zero-order valence-electron chi connectivity index (χ0n) is 6.99. The maximum Gasteiger partial charge on any atom is 0.333 e. The third-order valence-corrected chi connectivity index (χ3v) is 3.10. The number of carboxylic acids is 1. The zero-order chi connectivity index (χ0) is 8.77. The van der Waals surface area contributed by atoms with Gasteiger partial charge in [0.1, 0.15) is 0 Å². The molecule has 0 heterocycles. The molecule has 2 aliphatic rings. The molecular weight excluding hydrogens is 156 g/mol. The summed E-state index contributed by atoms with van der Waals surface area (Å²) in [4.78, 5) is 10.5. The Balaban J connectivity index is 1.94. The first kappa shape index (κ1) is 8.05. The Morgan fingerprint density at radius 3 is 2.42 bits per heavy atom. The van der Waals surface area contributed by atoms with Crippen LogP contribution in [0.4, 0.5) is 0 Å². The van der Waals surface area contributed by atoms with Crippen LogP contribution in [0.3, 0.4) is 0 Å². The Morgan fingerprint density at radius 2 is 2.08 bits per heavy atom. The summed E-state index contributed by atoms with van der Waals surface area (Å²) in [6.07, 6.45) is 4.08. The van der Waals surface area contributed by atoms with Crippen LogP contribution in [-0.4, -0.2) is 22.3 Å². The van der Waals surface area contributed by atoms with Crippen molar-refractivity contribution in [1.82, 2.24) is 0 Å². The molecule has 2 fully saturated rings. The van der Waals surface area contributed by atoms with Crippen LogP contribution in [0, 0.1) is 11.3 Å². The van der Waals surface area contributed by atoms with Crippen LogP contribution in [0.1, 0.15) is 32.1 Å². The van der Waals surface area contributed by atoms with E-state index in [0.717, 1.165) is 19.3 Å². The van der Waals surface area contributed by atoms with Crippen molar-refractivity contribution in [2.75, 3.05) is 0 Å². The Bertz CT molecular complexity index is 204. The lowest BCUT2D eigenvalue weighted by molar-refractivity contribution is -0.150. The second kappa shape index (κ2) is 2.46. The molecule has 0 aromatic rings. The average molecular weight is 170 g/mol. The molecule has 1 atom stereocenters. The monoisotopic (exact) mass is 170 g/mol. The fourth-order valence-corrected chi connectivity index (χ4v) is 1.91. The standard InChI is InChI=1S/C9H14O3/c10-7(8(11)12)9(3-4-9)5-6-1-2-6/h6-7,10H,1-5H2,(H,11,12). The highest BCUT2D eigenvalue weighted by molar-refractivity contribution is 5.73. The molecule has 2 aliphatic carbocycles. The molecule has 12 heavy (non-hydrogen) atoms. The first-order chi connectivity index (χ1) is 5.64. The van der Waals surface area contributed by atoms with Crippen LogP contribution >= 0.6 is 0 Å². The zero-order valence-corrected chi connectivity index (χ0v) is 6.99. The lowest BCUT2D eigenvalue weighted by Crippen LogP contribution is -2.31. The number of aliphatic hydroxyl groups is 1. The van der Waals surface area contributed by atoms with Crippen molar-refractivity contribution >= 4 is 5.97 Å². The van der Waals surface area contributed by atoms with E-state index in [4.69, 9.17) is 5.11 Å². The highest BCUT2D eigenvalue weighted by atomic mass is 16.4. The van der Waals surface area contributed by atoms with E-state index in [0.29, 0.717) is 5.92 Å². The van der Waals surface area contributed by atoms with Crippen LogP contribution in [0.5, 0.6) is 0 Å². The van der Waals surface area contributed by atoms with Gasteiger partial charge in [0.2, 0.25) is 0 Å². The number of carbonyl (C=O) groups is 1. The molecule has 3 heteroatoms. The third-order valence-electron chi connectivity index (χ3n) is 3.10. The van der Waals surface area contributed by atoms with Crippen LogP contribution in [0.25, 0.3) is 0 Å². The largest absolute Gasteiger partial charge is 0.479 e. The molecule has 2 N–H and O–H groups in total. The molecule has 1 unspecified atom stereocenters. The van der Waals surface area contributed by atoms with E-state index in [1.54, 1.807) is 0 Å². The highest BCUT2D eigenvalue weighted by Gasteiger charge is 2.54. The van der Waals surface area contributed by atoms with Gasteiger partial charge in [-0.1, -0.05) is 12.8 Å². The summed E-state index contributed by atoms with van der Waals surface area (Å²) in [6, 6.07) is 0. The quantitative estimate of drug-likeness (QED) is 0.662. The highest BCUT2D eigenvalue weighted by Crippen LogP contribution is 2.57. The lowest BCUT2D eigenvalue weighted by Gasteiger charge is -2.17. The van der Waals surface area contributed by atoms with Gasteiger partial charge in [0.25, 0.3) is 0 Å². The summed E-state index contributed by atoms with van der Waals surface area (Å²) >= 11 is 0. The van der Waals surface area contributed by atoms with Crippen molar-refractivity contribution in [3.8, 4) is 0 Å². The van der Waals surface area contributed by atoms with Gasteiger partial charge in [-0.15, -0.1) is 0 Å². The number of hydrogen-bond acceptors (Lipinski definition) is 2. The predicted octanol–water partition coefficient (Wildman–Crippen LogP) is 1.01. The summed E-state index contributed by atoms with van der Waals surface area (Å²) in [5, 5.41) is 18.0. The van der Waals surface area contributed by atoms with Crippen molar-refractivity contribution in [2.45, 2.75) is 38.2 Å². The molecule has 0 amide bonds. The number of hydrogen-bond donors (Lipinski definition) is 2. The number of rotatable bonds is 4. The van der Waals surface area contributed by atoms with Crippen molar-refractivity contribution in [3.63, 3.8) is 0 Å². The molecule has 0 aromatic heterocycles. The van der Waals surface area contributed by atoms with Crippen molar-refractivity contribution < 1.29 is 15.0 Å². The van der Waals surface area contributed by atoms with Gasteiger partial charge in [0.15, 0.2) is 6.10 Å². The third kappa shape index (κ3) is 1.33. The molecule has 68 valence electrons. The Hall–Kier alpha value is -0.570. The molecule has 0 radical (unpaired) electrons. The van der Waals surface area contributed by atoms with E-state index in [1.807, 2.05) is 0 Å². The van der Waals surface area contributed by atoms with Gasteiger partial charge in [0, 0.05) is 5.41 Å². The van der Waals surface area contributed by atoms with Gasteiger partial charge in [-0.3, -0.25) is 0 Å². The maximum absolute atomic E-state index is 10.5. The molecule has 0 spiro atoms. The van der Waals surface area contributed by atoms with Gasteiger partial charge in [-0.25, -0.2) is 4.79 Å². The summed E-state index contributed by atoms with van der Waals surface area (Å²) < 4.78 is 0. The Morgan fingerprint density at radius 1 is 1.50 bits per heavy atom. The molecule has 2 saturated carbocycles. The lowest BCUT2D eigenvalue weighted by atomic mass is 9.92. The smallest absolute Gasteiger partial charge is 0.333 e. The number of aliphatic hydroxyl groups excluding tert-OH is 1.